The first-order chi connectivity index (χ1) is 9.85. The lowest BCUT2D eigenvalue weighted by Gasteiger charge is -2.34. The van der Waals surface area contributed by atoms with Crippen LogP contribution in [0.5, 0.6) is 0 Å². The zero-order chi connectivity index (χ0) is 15.2. The Morgan fingerprint density at radius 1 is 1.29 bits per heavy atom. The van der Waals surface area contributed by atoms with Crippen molar-refractivity contribution in [2.75, 3.05) is 0 Å². The molecule has 0 saturated heterocycles. The minimum atomic E-state index is 0.161. The van der Waals surface area contributed by atoms with E-state index < -0.39 is 0 Å². The second-order valence-corrected chi connectivity index (χ2v) is 7.49. The summed E-state index contributed by atoms with van der Waals surface area (Å²) in [6.07, 6.45) is 2.15. The van der Waals surface area contributed by atoms with Gasteiger partial charge in [0, 0.05) is 29.0 Å². The fraction of sp³-hybridized carbons (Fsp3) is 0.444. The van der Waals surface area contributed by atoms with Crippen LogP contribution in [0, 0.1) is 12.3 Å². The van der Waals surface area contributed by atoms with Gasteiger partial charge in [-0.2, -0.15) is 0 Å². The Bertz CT molecular complexity index is 653. The molecule has 1 aliphatic rings. The average molecular weight is 303 g/mol. The molecule has 21 heavy (non-hydrogen) atoms. The van der Waals surface area contributed by atoms with E-state index in [1.165, 1.54) is 22.5 Å². The van der Waals surface area contributed by atoms with Gasteiger partial charge in [-0.1, -0.05) is 37.6 Å². The van der Waals surface area contributed by atoms with Crippen LogP contribution < -0.4 is 5.73 Å². The maximum Gasteiger partial charge on any atom is 0.0475 e. The van der Waals surface area contributed by atoms with Crippen molar-refractivity contribution in [1.82, 2.24) is 4.57 Å². The Kier molecular flexibility index (Phi) is 3.62. The number of aryl methyl sites for hydroxylation is 1. The van der Waals surface area contributed by atoms with Crippen molar-refractivity contribution in [3.05, 3.63) is 57.9 Å². The van der Waals surface area contributed by atoms with Gasteiger partial charge >= 0.3 is 0 Å². The van der Waals surface area contributed by atoms with Gasteiger partial charge in [-0.25, -0.2) is 0 Å². The van der Waals surface area contributed by atoms with E-state index in [1.54, 1.807) is 0 Å². The Hall–Kier alpha value is -1.25. The highest BCUT2D eigenvalue weighted by molar-refractivity contribution is 6.30. The highest BCUT2D eigenvalue weighted by Crippen LogP contribution is 2.41. The van der Waals surface area contributed by atoms with E-state index in [0.717, 1.165) is 24.4 Å². The molecular weight excluding hydrogens is 280 g/mol. The molecular formula is C18H23ClN2. The zero-order valence-corrected chi connectivity index (χ0v) is 13.7. The number of halogens is 1. The van der Waals surface area contributed by atoms with Crippen molar-refractivity contribution < 1.29 is 0 Å². The largest absolute Gasteiger partial charge is 0.344 e. The SMILES string of the molecule is Cc1cc2c(n1Cc1ccc(Cl)cc1)CC(C)(C)CC2N. The lowest BCUT2D eigenvalue weighted by atomic mass is 9.74. The van der Waals surface area contributed by atoms with Crippen LogP contribution in [0.25, 0.3) is 0 Å². The van der Waals surface area contributed by atoms with Crippen LogP contribution in [0.15, 0.2) is 30.3 Å². The molecule has 1 atom stereocenters. The third-order valence-electron chi connectivity index (χ3n) is 4.52. The minimum Gasteiger partial charge on any atom is -0.344 e. The van der Waals surface area contributed by atoms with Gasteiger partial charge in [-0.3, -0.25) is 0 Å². The van der Waals surface area contributed by atoms with Gasteiger partial charge in [0.25, 0.3) is 0 Å². The molecule has 2 N–H and O–H groups in total. The predicted octanol–water partition coefficient (Wildman–Crippen LogP) is 4.47. The average Bonchev–Trinajstić information content (AvgIpc) is 2.69. The second-order valence-electron chi connectivity index (χ2n) is 7.05. The van der Waals surface area contributed by atoms with Crippen LogP contribution in [-0.4, -0.2) is 4.57 Å². The second kappa shape index (κ2) is 5.19. The Morgan fingerprint density at radius 2 is 1.95 bits per heavy atom. The van der Waals surface area contributed by atoms with Crippen molar-refractivity contribution in [2.24, 2.45) is 11.1 Å². The first kappa shape index (κ1) is 14.7. The monoisotopic (exact) mass is 302 g/mol. The summed E-state index contributed by atoms with van der Waals surface area (Å²) in [5.41, 5.74) is 12.0. The molecule has 1 heterocycles. The zero-order valence-electron chi connectivity index (χ0n) is 13.0. The Morgan fingerprint density at radius 3 is 2.62 bits per heavy atom. The maximum absolute atomic E-state index is 6.39. The summed E-state index contributed by atoms with van der Waals surface area (Å²) in [5.74, 6) is 0. The molecule has 1 aromatic carbocycles. The normalized spacial score (nSPS) is 20.3. The summed E-state index contributed by atoms with van der Waals surface area (Å²) in [6.45, 7) is 7.69. The summed E-state index contributed by atoms with van der Waals surface area (Å²) in [5, 5.41) is 0.785. The summed E-state index contributed by atoms with van der Waals surface area (Å²) in [4.78, 5) is 0. The highest BCUT2D eigenvalue weighted by atomic mass is 35.5. The lowest BCUT2D eigenvalue weighted by Crippen LogP contribution is -2.30. The molecule has 0 aliphatic heterocycles. The standard InChI is InChI=1S/C18H23ClN2/c1-12-8-15-16(20)9-18(2,3)10-17(15)21(12)11-13-4-6-14(19)7-5-13/h4-8,16H,9-11,20H2,1-3H3. The summed E-state index contributed by atoms with van der Waals surface area (Å²) in [6, 6.07) is 10.5. The number of hydrogen-bond acceptors (Lipinski definition) is 1. The fourth-order valence-corrected chi connectivity index (χ4v) is 3.62. The van der Waals surface area contributed by atoms with Gasteiger partial charge in [0.2, 0.25) is 0 Å². The first-order valence-electron chi connectivity index (χ1n) is 7.55. The molecule has 3 heteroatoms. The predicted molar refractivity (Wildman–Crippen MR) is 88.8 cm³/mol. The van der Waals surface area contributed by atoms with Gasteiger partial charge < -0.3 is 10.3 Å². The number of hydrogen-bond donors (Lipinski definition) is 1. The number of nitrogens with two attached hydrogens (primary N) is 1. The van der Waals surface area contributed by atoms with E-state index in [1.807, 2.05) is 12.1 Å². The molecule has 112 valence electrons. The van der Waals surface area contributed by atoms with E-state index in [2.05, 4.69) is 43.5 Å². The van der Waals surface area contributed by atoms with Crippen LogP contribution in [0.2, 0.25) is 5.02 Å². The third-order valence-corrected chi connectivity index (χ3v) is 4.77. The van der Waals surface area contributed by atoms with E-state index >= 15 is 0 Å². The maximum atomic E-state index is 6.39. The van der Waals surface area contributed by atoms with Gasteiger partial charge in [-0.05, 0) is 54.5 Å². The van der Waals surface area contributed by atoms with Crippen LogP contribution in [0.1, 0.15) is 48.8 Å². The highest BCUT2D eigenvalue weighted by Gasteiger charge is 2.33. The lowest BCUT2D eigenvalue weighted by molar-refractivity contribution is 0.276. The van der Waals surface area contributed by atoms with E-state index in [-0.39, 0.29) is 11.5 Å². The molecule has 0 saturated carbocycles. The molecule has 1 aliphatic carbocycles. The number of nitrogens with zero attached hydrogens (tertiary/aromatic N) is 1. The number of rotatable bonds is 2. The van der Waals surface area contributed by atoms with Crippen molar-refractivity contribution in [2.45, 2.75) is 46.2 Å². The molecule has 0 bridgehead atoms. The summed E-state index contributed by atoms with van der Waals surface area (Å²) >= 11 is 5.97. The molecule has 0 spiro atoms. The first-order valence-corrected chi connectivity index (χ1v) is 7.92. The molecule has 0 fully saturated rings. The third kappa shape index (κ3) is 2.88. The van der Waals surface area contributed by atoms with Gasteiger partial charge in [-0.15, -0.1) is 0 Å². The van der Waals surface area contributed by atoms with Crippen LogP contribution >= 0.6 is 11.6 Å². The van der Waals surface area contributed by atoms with Crippen molar-refractivity contribution in [3.8, 4) is 0 Å². The summed E-state index contributed by atoms with van der Waals surface area (Å²) < 4.78 is 2.42. The molecule has 1 aromatic heterocycles. The van der Waals surface area contributed by atoms with E-state index in [9.17, 15) is 0 Å². The fourth-order valence-electron chi connectivity index (χ4n) is 3.50. The van der Waals surface area contributed by atoms with Crippen molar-refractivity contribution in [1.29, 1.82) is 0 Å². The van der Waals surface area contributed by atoms with E-state index in [4.69, 9.17) is 17.3 Å². The van der Waals surface area contributed by atoms with Crippen LogP contribution in [-0.2, 0) is 13.0 Å². The van der Waals surface area contributed by atoms with Gasteiger partial charge in [0.15, 0.2) is 0 Å². The smallest absolute Gasteiger partial charge is 0.0475 e. The van der Waals surface area contributed by atoms with Crippen molar-refractivity contribution in [3.63, 3.8) is 0 Å². The molecule has 1 unspecified atom stereocenters. The van der Waals surface area contributed by atoms with Crippen molar-refractivity contribution >= 4 is 11.6 Å². The van der Waals surface area contributed by atoms with E-state index in [0.29, 0.717) is 0 Å². The van der Waals surface area contributed by atoms with Gasteiger partial charge in [0.1, 0.15) is 0 Å². The number of benzene rings is 1. The Labute approximate surface area is 131 Å². The molecule has 0 radical (unpaired) electrons. The van der Waals surface area contributed by atoms with Gasteiger partial charge in [0.05, 0.1) is 0 Å². The topological polar surface area (TPSA) is 30.9 Å². The minimum absolute atomic E-state index is 0.161. The van der Waals surface area contributed by atoms with Crippen LogP contribution in [0.3, 0.4) is 0 Å². The molecule has 2 aromatic rings. The Balaban J connectivity index is 1.98. The van der Waals surface area contributed by atoms with Crippen LogP contribution in [0.4, 0.5) is 0 Å². The molecule has 2 nitrogen and oxygen atoms in total. The molecule has 0 amide bonds. The number of fused-ring (bicyclic) bond motifs is 1. The summed E-state index contributed by atoms with van der Waals surface area (Å²) in [7, 11) is 0. The number of aromatic nitrogens is 1. The molecule has 3 rings (SSSR count). The quantitative estimate of drug-likeness (QED) is 0.872.